The van der Waals surface area contributed by atoms with Crippen molar-refractivity contribution in [1.82, 2.24) is 9.97 Å². The van der Waals surface area contributed by atoms with Gasteiger partial charge >= 0.3 is 6.01 Å². The second-order valence-electron chi connectivity index (χ2n) is 3.89. The van der Waals surface area contributed by atoms with E-state index in [2.05, 4.69) is 16.9 Å². The molecular weight excluding hydrogens is 226 g/mol. The first-order valence-electron chi connectivity index (χ1n) is 5.74. The van der Waals surface area contributed by atoms with Crippen LogP contribution in [0.1, 0.15) is 23.9 Å². The molecule has 0 aliphatic heterocycles. The van der Waals surface area contributed by atoms with Gasteiger partial charge in [0.25, 0.3) is 0 Å². The fraction of sp³-hybridized carbons (Fsp3) is 0.214. The van der Waals surface area contributed by atoms with Crippen LogP contribution in [0.2, 0.25) is 0 Å². The Balaban J connectivity index is 2.28. The summed E-state index contributed by atoms with van der Waals surface area (Å²) < 4.78 is 5.57. The highest BCUT2D eigenvalue weighted by Gasteiger charge is 2.04. The van der Waals surface area contributed by atoms with Crippen molar-refractivity contribution in [3.05, 3.63) is 47.3 Å². The van der Waals surface area contributed by atoms with E-state index in [-0.39, 0.29) is 6.01 Å². The summed E-state index contributed by atoms with van der Waals surface area (Å²) in [5, 5.41) is 8.84. The van der Waals surface area contributed by atoms with E-state index in [1.54, 1.807) is 13.0 Å². The Kier molecular flexibility index (Phi) is 3.54. The van der Waals surface area contributed by atoms with Crippen LogP contribution in [0.15, 0.2) is 30.3 Å². The average molecular weight is 239 g/mol. The number of aromatic nitrogens is 2. The first-order valence-corrected chi connectivity index (χ1v) is 5.74. The lowest BCUT2D eigenvalue weighted by atomic mass is 10.2. The van der Waals surface area contributed by atoms with Gasteiger partial charge in [0.1, 0.15) is 17.5 Å². The number of aryl methyl sites for hydroxylation is 2. The molecule has 0 aliphatic rings. The summed E-state index contributed by atoms with van der Waals surface area (Å²) in [5.74, 6) is 0.684. The van der Waals surface area contributed by atoms with Gasteiger partial charge in [-0.3, -0.25) is 0 Å². The third-order valence-electron chi connectivity index (χ3n) is 2.46. The minimum absolute atomic E-state index is 0.208. The molecule has 0 atom stereocenters. The summed E-state index contributed by atoms with van der Waals surface area (Å²) in [6.07, 6.45) is 0.940. The third-order valence-corrected chi connectivity index (χ3v) is 2.46. The van der Waals surface area contributed by atoms with Crippen LogP contribution in [0, 0.1) is 18.3 Å². The Morgan fingerprint density at radius 2 is 2.11 bits per heavy atom. The SMILES string of the molecule is CCc1cccc(Oc2nc(C)cc(C#N)n2)c1. The molecule has 4 heteroatoms. The highest BCUT2D eigenvalue weighted by molar-refractivity contribution is 5.31. The summed E-state index contributed by atoms with van der Waals surface area (Å²) >= 11 is 0. The zero-order valence-corrected chi connectivity index (χ0v) is 10.3. The van der Waals surface area contributed by atoms with Crippen LogP contribution >= 0.6 is 0 Å². The van der Waals surface area contributed by atoms with E-state index in [0.717, 1.165) is 6.42 Å². The predicted molar refractivity (Wildman–Crippen MR) is 67.4 cm³/mol. The zero-order valence-electron chi connectivity index (χ0n) is 10.3. The lowest BCUT2D eigenvalue weighted by Gasteiger charge is -2.06. The second kappa shape index (κ2) is 5.28. The molecule has 0 bridgehead atoms. The molecule has 18 heavy (non-hydrogen) atoms. The standard InChI is InChI=1S/C14H13N3O/c1-3-11-5-4-6-13(8-11)18-14-16-10(2)7-12(9-15)17-14/h4-8H,3H2,1-2H3. The number of benzene rings is 1. The van der Waals surface area contributed by atoms with Crippen molar-refractivity contribution < 1.29 is 4.74 Å². The third kappa shape index (κ3) is 2.83. The number of nitrogens with zero attached hydrogens (tertiary/aromatic N) is 3. The van der Waals surface area contributed by atoms with Gasteiger partial charge in [-0.2, -0.15) is 10.2 Å². The summed E-state index contributed by atoms with van der Waals surface area (Å²) in [4.78, 5) is 8.16. The van der Waals surface area contributed by atoms with Gasteiger partial charge in [-0.25, -0.2) is 4.98 Å². The van der Waals surface area contributed by atoms with Crippen LogP contribution in [0.4, 0.5) is 0 Å². The highest BCUT2D eigenvalue weighted by atomic mass is 16.5. The zero-order chi connectivity index (χ0) is 13.0. The summed E-state index contributed by atoms with van der Waals surface area (Å²) in [7, 11) is 0. The van der Waals surface area contributed by atoms with Gasteiger partial charge in [-0.1, -0.05) is 19.1 Å². The van der Waals surface area contributed by atoms with Crippen molar-refractivity contribution in [3.63, 3.8) is 0 Å². The smallest absolute Gasteiger partial charge is 0.323 e. The Morgan fingerprint density at radius 3 is 2.83 bits per heavy atom. The molecule has 0 saturated carbocycles. The maximum atomic E-state index is 8.84. The first kappa shape index (κ1) is 12.1. The molecule has 0 amide bonds. The largest absolute Gasteiger partial charge is 0.424 e. The van der Waals surface area contributed by atoms with Crippen LogP contribution in [-0.2, 0) is 6.42 Å². The minimum atomic E-state index is 0.208. The molecule has 0 aliphatic carbocycles. The summed E-state index contributed by atoms with van der Waals surface area (Å²) in [5.41, 5.74) is 2.20. The molecule has 0 unspecified atom stereocenters. The number of hydrogen-bond acceptors (Lipinski definition) is 4. The van der Waals surface area contributed by atoms with E-state index < -0.39 is 0 Å². The maximum absolute atomic E-state index is 8.84. The monoisotopic (exact) mass is 239 g/mol. The van der Waals surface area contributed by atoms with Gasteiger partial charge in [0, 0.05) is 5.69 Å². The maximum Gasteiger partial charge on any atom is 0.323 e. The van der Waals surface area contributed by atoms with Gasteiger partial charge in [0.2, 0.25) is 0 Å². The van der Waals surface area contributed by atoms with Gasteiger partial charge in [-0.05, 0) is 37.1 Å². The van der Waals surface area contributed by atoms with Gasteiger partial charge in [0.15, 0.2) is 0 Å². The number of hydrogen-bond donors (Lipinski definition) is 0. The fourth-order valence-corrected chi connectivity index (χ4v) is 1.58. The average Bonchev–Trinajstić information content (AvgIpc) is 2.38. The molecule has 90 valence electrons. The van der Waals surface area contributed by atoms with Crippen molar-refractivity contribution >= 4 is 0 Å². The Labute approximate surface area is 106 Å². The second-order valence-corrected chi connectivity index (χ2v) is 3.89. The quantitative estimate of drug-likeness (QED) is 0.826. The van der Waals surface area contributed by atoms with Crippen molar-refractivity contribution in [2.75, 3.05) is 0 Å². The van der Waals surface area contributed by atoms with E-state index in [0.29, 0.717) is 17.1 Å². The minimum Gasteiger partial charge on any atom is -0.424 e. The predicted octanol–water partition coefficient (Wildman–Crippen LogP) is 3.01. The van der Waals surface area contributed by atoms with Gasteiger partial charge < -0.3 is 4.74 Å². The first-order chi connectivity index (χ1) is 8.71. The van der Waals surface area contributed by atoms with Crippen LogP contribution in [0.3, 0.4) is 0 Å². The van der Waals surface area contributed by atoms with Crippen molar-refractivity contribution in [2.24, 2.45) is 0 Å². The topological polar surface area (TPSA) is 58.8 Å². The van der Waals surface area contributed by atoms with Crippen LogP contribution < -0.4 is 4.74 Å². The molecule has 0 spiro atoms. The Morgan fingerprint density at radius 1 is 1.28 bits per heavy atom. The summed E-state index contributed by atoms with van der Waals surface area (Å²) in [6, 6.07) is 11.6. The van der Waals surface area contributed by atoms with Gasteiger partial charge in [-0.15, -0.1) is 0 Å². The molecule has 0 N–H and O–H groups in total. The molecule has 2 rings (SSSR count). The lowest BCUT2D eigenvalue weighted by Crippen LogP contribution is -1.96. The number of rotatable bonds is 3. The van der Waals surface area contributed by atoms with E-state index >= 15 is 0 Å². The van der Waals surface area contributed by atoms with Crippen molar-refractivity contribution in [2.45, 2.75) is 20.3 Å². The molecule has 0 saturated heterocycles. The Bertz CT molecular complexity index is 602. The van der Waals surface area contributed by atoms with Crippen LogP contribution in [0.25, 0.3) is 0 Å². The summed E-state index contributed by atoms with van der Waals surface area (Å²) in [6.45, 7) is 3.88. The fourth-order valence-electron chi connectivity index (χ4n) is 1.58. The molecule has 0 radical (unpaired) electrons. The molecule has 4 nitrogen and oxygen atoms in total. The molecule has 2 aromatic rings. The molecule has 1 aromatic carbocycles. The van der Waals surface area contributed by atoms with Gasteiger partial charge in [0.05, 0.1) is 0 Å². The number of nitriles is 1. The Hall–Kier alpha value is -2.41. The van der Waals surface area contributed by atoms with Crippen molar-refractivity contribution in [1.29, 1.82) is 5.26 Å². The van der Waals surface area contributed by atoms with Crippen LogP contribution in [-0.4, -0.2) is 9.97 Å². The lowest BCUT2D eigenvalue weighted by molar-refractivity contribution is 0.439. The normalized spacial score (nSPS) is 9.83. The molecule has 1 heterocycles. The van der Waals surface area contributed by atoms with Crippen molar-refractivity contribution in [3.8, 4) is 17.8 Å². The molecule has 0 fully saturated rings. The molecular formula is C14H13N3O. The van der Waals surface area contributed by atoms with E-state index in [1.807, 2.05) is 30.3 Å². The molecule has 1 aromatic heterocycles. The number of ether oxygens (including phenoxy) is 1. The van der Waals surface area contributed by atoms with E-state index in [4.69, 9.17) is 10.00 Å². The van der Waals surface area contributed by atoms with Crippen LogP contribution in [0.5, 0.6) is 11.8 Å². The van der Waals surface area contributed by atoms with E-state index in [1.165, 1.54) is 5.56 Å². The highest BCUT2D eigenvalue weighted by Crippen LogP contribution is 2.19. The van der Waals surface area contributed by atoms with E-state index in [9.17, 15) is 0 Å².